The fourth-order valence-corrected chi connectivity index (χ4v) is 9.29. The summed E-state index contributed by atoms with van der Waals surface area (Å²) in [5, 5.41) is 15.4. The van der Waals surface area contributed by atoms with Crippen molar-refractivity contribution in [2.75, 3.05) is 68.7 Å². The number of benzene rings is 3. The zero-order valence-corrected chi connectivity index (χ0v) is 43.5. The van der Waals surface area contributed by atoms with E-state index in [1.165, 1.54) is 51.1 Å². The van der Waals surface area contributed by atoms with Gasteiger partial charge in [0, 0.05) is 64.3 Å². The molecule has 2 saturated carbocycles. The molecule has 1 aromatic heterocycles. The molecule has 4 aromatic rings. The number of aromatic amines is 1. The molecule has 2 bridgehead atoms. The first-order chi connectivity index (χ1) is 33.7. The number of rotatable bonds is 16. The Balaban J connectivity index is 0.000000589. The second kappa shape index (κ2) is 30.4. The van der Waals surface area contributed by atoms with Gasteiger partial charge in [-0.15, -0.1) is 0 Å². The average Bonchev–Trinajstić information content (AvgIpc) is 3.61. The molecule has 70 heavy (non-hydrogen) atoms. The predicted molar refractivity (Wildman–Crippen MR) is 279 cm³/mol. The molecule has 2 heterocycles. The number of alkyl halides is 2. The van der Waals surface area contributed by atoms with Gasteiger partial charge in [-0.1, -0.05) is 71.4 Å². The third-order valence-electron chi connectivity index (χ3n) is 13.1. The number of amides is 1. The summed E-state index contributed by atoms with van der Waals surface area (Å²) in [6.07, 6.45) is 12.4. The van der Waals surface area contributed by atoms with Crippen LogP contribution in [0.4, 0.5) is 8.78 Å². The number of aliphatic hydroxyl groups excluding tert-OH is 1. The standard InChI is InChI=1S/C38H44F2N6.C6H13NO.C3H5NO2.C3H8.C2H6O.CH4O.CH2O/c1-4-37(13-14-37)22-45(2)16-15-42-34(21-41)25-7-11-29-28-10-6-23(18-30(28)38(39,40)31(29)19-25)24-8-12-32-33(20-24)44-36(43-32)35-26-5-9-27(17-26)46(35)3;1-5(2)6(4-8)7-3;5-2-1-4-3-6;2*1-3-2;2*1-2/h6-8,10-12,18-21,26-27,35,42H,4-5,9,13-17,22,41H2,1-3H3,(H,43,44);4-7H,1-3H3;2-3H,1H2,(H,4,6);3H2,1-2H3;1-2H3;2H,1H3;1H2/b34-21-;;;;;;. The van der Waals surface area contributed by atoms with Crippen molar-refractivity contribution < 1.29 is 37.8 Å². The van der Waals surface area contributed by atoms with Crippen molar-refractivity contribution >= 4 is 42.5 Å². The number of aliphatic hydroxyl groups is 1. The van der Waals surface area contributed by atoms with E-state index >= 15 is 8.78 Å². The van der Waals surface area contributed by atoms with E-state index in [2.05, 4.69) is 70.3 Å². The van der Waals surface area contributed by atoms with E-state index in [9.17, 15) is 14.4 Å². The highest BCUT2D eigenvalue weighted by Gasteiger charge is 2.47. The van der Waals surface area contributed by atoms with Gasteiger partial charge < -0.3 is 55.8 Å². The molecule has 4 atom stereocenters. The molecule has 1 saturated heterocycles. The van der Waals surface area contributed by atoms with Crippen molar-refractivity contribution in [3.63, 3.8) is 0 Å². The molecule has 388 valence electrons. The molecular weight excluding hydrogens is 895 g/mol. The van der Waals surface area contributed by atoms with E-state index in [4.69, 9.17) is 20.6 Å². The zero-order valence-electron chi connectivity index (χ0n) is 43.5. The second-order valence-corrected chi connectivity index (χ2v) is 18.4. The molecule has 4 unspecified atom stereocenters. The number of halogens is 2. The van der Waals surface area contributed by atoms with Crippen molar-refractivity contribution in [3.05, 3.63) is 83.3 Å². The lowest BCUT2D eigenvalue weighted by molar-refractivity contribution is -0.113. The normalized spacial score (nSPS) is 18.7. The molecule has 8 rings (SSSR count). The number of H-pyrrole nitrogens is 1. The molecule has 0 spiro atoms. The predicted octanol–water partition coefficient (Wildman–Crippen LogP) is 7.94. The van der Waals surface area contributed by atoms with Crippen LogP contribution >= 0.6 is 0 Å². The minimum Gasteiger partial charge on any atom is -0.403 e. The summed E-state index contributed by atoms with van der Waals surface area (Å²) < 4.78 is 36.6. The van der Waals surface area contributed by atoms with Crippen molar-refractivity contribution in [1.82, 2.24) is 35.7 Å². The topological polar surface area (TPSA) is 195 Å². The molecule has 7 N–H and O–H groups in total. The molecule has 3 fully saturated rings. The third-order valence-corrected chi connectivity index (χ3v) is 13.1. The molecular formula is C54H82F2N8O6. The quantitative estimate of drug-likeness (QED) is 0.0470. The molecule has 1 amide bonds. The number of likely N-dealkylation sites (tertiary alicyclic amines) is 1. The van der Waals surface area contributed by atoms with Crippen molar-refractivity contribution in [2.45, 2.75) is 104 Å². The van der Waals surface area contributed by atoms with Gasteiger partial charge in [-0.3, -0.25) is 9.69 Å². The van der Waals surface area contributed by atoms with Crippen LogP contribution in [-0.2, 0) is 29.8 Å². The second-order valence-electron chi connectivity index (χ2n) is 18.4. The van der Waals surface area contributed by atoms with E-state index in [1.54, 1.807) is 33.4 Å². The lowest BCUT2D eigenvalue weighted by Crippen LogP contribution is -2.33. The molecule has 0 radical (unpaired) electrons. The van der Waals surface area contributed by atoms with Crippen molar-refractivity contribution in [1.29, 1.82) is 0 Å². The Hall–Kier alpha value is -5.39. The van der Waals surface area contributed by atoms with E-state index < -0.39 is 5.92 Å². The summed E-state index contributed by atoms with van der Waals surface area (Å²) in [6.45, 7) is 15.3. The van der Waals surface area contributed by atoms with Crippen LogP contribution in [-0.4, -0.2) is 131 Å². The summed E-state index contributed by atoms with van der Waals surface area (Å²) in [7, 11) is 10.4. The van der Waals surface area contributed by atoms with Gasteiger partial charge in [0.1, 0.15) is 25.2 Å². The number of methoxy groups -OCH3 is 1. The van der Waals surface area contributed by atoms with E-state index in [-0.39, 0.29) is 23.7 Å². The maximum absolute atomic E-state index is 16.2. The van der Waals surface area contributed by atoms with Gasteiger partial charge in [-0.25, -0.2) is 4.98 Å². The van der Waals surface area contributed by atoms with Gasteiger partial charge in [0.05, 0.1) is 35.4 Å². The van der Waals surface area contributed by atoms with Gasteiger partial charge in [-0.05, 0) is 129 Å². The number of imidazole rings is 1. The Morgan fingerprint density at radius 2 is 1.60 bits per heavy atom. The number of ether oxygens (including phenoxy) is 1. The lowest BCUT2D eigenvalue weighted by atomic mass is 9.98. The van der Waals surface area contributed by atoms with Crippen LogP contribution in [0.1, 0.15) is 108 Å². The van der Waals surface area contributed by atoms with Crippen molar-refractivity contribution in [2.24, 2.45) is 23.0 Å². The number of nitrogens with zero attached hydrogens (tertiary/aromatic N) is 3. The van der Waals surface area contributed by atoms with Crippen molar-refractivity contribution in [3.8, 4) is 22.3 Å². The molecule has 3 aliphatic carbocycles. The summed E-state index contributed by atoms with van der Waals surface area (Å²) in [4.78, 5) is 50.1. The van der Waals surface area contributed by atoms with Crippen LogP contribution in [0.25, 0.3) is 39.0 Å². The Labute approximate surface area is 415 Å². The number of fused-ring (bicyclic) bond motifs is 6. The van der Waals surface area contributed by atoms with Gasteiger partial charge in [0.15, 0.2) is 0 Å². The third kappa shape index (κ3) is 15.8. The number of aldehydes is 2. The highest BCUT2D eigenvalue weighted by atomic mass is 19.3. The Bertz CT molecular complexity index is 2220. The summed E-state index contributed by atoms with van der Waals surface area (Å²) in [5.41, 5.74) is 12.6. The fraction of sp³-hybridized carbons (Fsp3) is 0.537. The van der Waals surface area contributed by atoms with E-state index in [0.29, 0.717) is 71.0 Å². The fourth-order valence-electron chi connectivity index (χ4n) is 9.29. The molecule has 3 aromatic carbocycles. The Morgan fingerprint density at radius 1 is 1.00 bits per heavy atom. The van der Waals surface area contributed by atoms with Crippen LogP contribution < -0.4 is 21.7 Å². The first-order valence-corrected chi connectivity index (χ1v) is 24.3. The van der Waals surface area contributed by atoms with Gasteiger partial charge in [-0.2, -0.15) is 8.78 Å². The number of aromatic nitrogens is 2. The molecule has 4 aliphatic rings. The number of nitrogens with one attached hydrogen (secondary N) is 4. The van der Waals surface area contributed by atoms with Crippen LogP contribution in [0.3, 0.4) is 0 Å². The number of nitrogens with two attached hydrogens (primary N) is 1. The van der Waals surface area contributed by atoms with E-state index in [0.717, 1.165) is 54.5 Å². The van der Waals surface area contributed by atoms with Crippen LogP contribution in [0.15, 0.2) is 60.8 Å². The first-order valence-electron chi connectivity index (χ1n) is 24.3. The van der Waals surface area contributed by atoms with Crippen LogP contribution in [0.2, 0.25) is 0 Å². The van der Waals surface area contributed by atoms with Gasteiger partial charge >= 0.3 is 0 Å². The molecule has 16 heteroatoms. The van der Waals surface area contributed by atoms with Crippen LogP contribution in [0, 0.1) is 17.3 Å². The maximum atomic E-state index is 16.2. The smallest absolute Gasteiger partial charge is 0.299 e. The molecule has 14 nitrogen and oxygen atoms in total. The summed E-state index contributed by atoms with van der Waals surface area (Å²) >= 11 is 0. The zero-order chi connectivity index (χ0) is 52.6. The maximum Gasteiger partial charge on any atom is 0.299 e. The van der Waals surface area contributed by atoms with Crippen LogP contribution in [0.5, 0.6) is 0 Å². The molecule has 1 aliphatic heterocycles. The summed E-state index contributed by atoms with van der Waals surface area (Å²) in [5.74, 6) is -1.05. The SMILES string of the molecule is C=O.CCC.CCC1(CN(C)CCN/C(=C\N)c2ccc3c(c2)C(F)(F)c2cc(-c4ccc5nc(C6C7CCC(C7)N6C)[nH]c5c4)ccc2-3)CC1.CNC(C=O)C(C)C.CO.COC.O=CCNC=O. The number of carbonyl (C=O) groups is 4. The lowest BCUT2D eigenvalue weighted by Gasteiger charge is -2.30. The largest absolute Gasteiger partial charge is 0.403 e. The number of hydrogen-bond donors (Lipinski definition) is 6. The summed E-state index contributed by atoms with van der Waals surface area (Å²) in [6, 6.07) is 17.8. The minimum atomic E-state index is -3.12. The number of hydrogen-bond acceptors (Lipinski definition) is 12. The first kappa shape index (κ1) is 60.7. The van der Waals surface area contributed by atoms with Gasteiger partial charge in [0.25, 0.3) is 5.92 Å². The average molecular weight is 977 g/mol. The van der Waals surface area contributed by atoms with E-state index in [1.807, 2.05) is 63.1 Å². The monoisotopic (exact) mass is 977 g/mol. The Morgan fingerprint density at radius 3 is 2.09 bits per heavy atom. The highest BCUT2D eigenvalue weighted by Crippen LogP contribution is 2.53. The number of carbonyl (C=O) groups excluding carboxylic acids is 4. The number of piperidine rings is 1. The number of likely N-dealkylation sites (N-methyl/N-ethyl adjacent to an activating group) is 2. The minimum absolute atomic E-state index is 0.0231. The highest BCUT2D eigenvalue weighted by molar-refractivity contribution is 5.86. The Kier molecular flexibility index (Phi) is 26.3. The van der Waals surface area contributed by atoms with Gasteiger partial charge in [0.2, 0.25) is 6.41 Å².